The Hall–Kier alpha value is -2.84. The summed E-state index contributed by atoms with van der Waals surface area (Å²) in [5, 5.41) is 3.60. The number of nitrogens with one attached hydrogen (secondary N) is 1. The van der Waals surface area contributed by atoms with Gasteiger partial charge < -0.3 is 14.7 Å². The Morgan fingerprint density at radius 2 is 1.68 bits per heavy atom. The fourth-order valence-corrected chi connectivity index (χ4v) is 8.75. The number of fused-ring (bicyclic) bond motifs is 1. The zero-order valence-corrected chi connectivity index (χ0v) is 27.6. The summed E-state index contributed by atoms with van der Waals surface area (Å²) in [5.41, 5.74) is 0. The molecule has 0 aliphatic carbocycles. The van der Waals surface area contributed by atoms with E-state index >= 15 is 0 Å². The highest BCUT2D eigenvalue weighted by atomic mass is 79.9. The summed E-state index contributed by atoms with van der Waals surface area (Å²) < 4.78 is 30.0. The van der Waals surface area contributed by atoms with E-state index in [0.29, 0.717) is 39.0 Å². The third kappa shape index (κ3) is 6.86. The predicted octanol–water partition coefficient (Wildman–Crippen LogP) is 3.38. The number of likely N-dealkylation sites (tertiary alicyclic amines) is 2. The SMILES string of the molecule is O=C(c1cccs1)N1CCN(C[C@@H]2CCCN2C(=O)CN2CCC[C@H](NS(=O)(=O)c3ccc4cc(Br)ccc4c3)C2=O)CC1. The van der Waals surface area contributed by atoms with Gasteiger partial charge in [0.05, 0.1) is 16.3 Å². The van der Waals surface area contributed by atoms with Gasteiger partial charge in [0.15, 0.2) is 0 Å². The number of carbonyl (C=O) groups excluding carboxylic acids is 3. The van der Waals surface area contributed by atoms with Crippen molar-refractivity contribution in [2.75, 3.05) is 52.4 Å². The number of nitrogens with zero attached hydrogens (tertiary/aromatic N) is 4. The zero-order valence-electron chi connectivity index (χ0n) is 24.4. The number of rotatable bonds is 8. The van der Waals surface area contributed by atoms with E-state index in [0.717, 1.165) is 52.6 Å². The minimum absolute atomic E-state index is 0.0541. The van der Waals surface area contributed by atoms with Gasteiger partial charge in [-0.05, 0) is 72.2 Å². The summed E-state index contributed by atoms with van der Waals surface area (Å²) in [6.07, 6.45) is 2.80. The molecule has 0 spiro atoms. The number of hydrogen-bond acceptors (Lipinski definition) is 7. The molecule has 13 heteroatoms. The van der Waals surface area contributed by atoms with Crippen molar-refractivity contribution in [2.45, 2.75) is 42.7 Å². The predicted molar refractivity (Wildman–Crippen MR) is 173 cm³/mol. The minimum Gasteiger partial charge on any atom is -0.337 e. The molecule has 2 aromatic carbocycles. The van der Waals surface area contributed by atoms with E-state index in [2.05, 4.69) is 25.6 Å². The lowest BCUT2D eigenvalue weighted by atomic mass is 10.1. The first-order chi connectivity index (χ1) is 21.2. The Kier molecular flexibility index (Phi) is 9.39. The lowest BCUT2D eigenvalue weighted by Gasteiger charge is -2.38. The van der Waals surface area contributed by atoms with E-state index in [4.69, 9.17) is 0 Å². The van der Waals surface area contributed by atoms with Crippen molar-refractivity contribution >= 4 is 65.8 Å². The Labute approximate surface area is 270 Å². The van der Waals surface area contributed by atoms with E-state index in [1.54, 1.807) is 18.2 Å². The van der Waals surface area contributed by atoms with Gasteiger partial charge in [-0.2, -0.15) is 4.72 Å². The van der Waals surface area contributed by atoms with Crippen LogP contribution in [-0.2, 0) is 19.6 Å². The van der Waals surface area contributed by atoms with Crippen LogP contribution in [0.15, 0.2) is 63.3 Å². The smallest absolute Gasteiger partial charge is 0.264 e. The first kappa shape index (κ1) is 31.2. The normalized spacial score (nSPS) is 21.8. The van der Waals surface area contributed by atoms with E-state index in [-0.39, 0.29) is 35.2 Å². The number of halogens is 1. The average Bonchev–Trinajstić information content (AvgIpc) is 3.72. The highest BCUT2D eigenvalue weighted by Gasteiger charge is 2.37. The van der Waals surface area contributed by atoms with Gasteiger partial charge in [-0.15, -0.1) is 11.3 Å². The lowest BCUT2D eigenvalue weighted by Crippen LogP contribution is -2.56. The third-order valence-electron chi connectivity index (χ3n) is 8.80. The zero-order chi connectivity index (χ0) is 30.8. The number of piperazine rings is 1. The van der Waals surface area contributed by atoms with Crippen LogP contribution in [0.5, 0.6) is 0 Å². The van der Waals surface area contributed by atoms with Gasteiger partial charge in [-0.3, -0.25) is 19.3 Å². The first-order valence-corrected chi connectivity index (χ1v) is 18.2. The molecule has 0 bridgehead atoms. The number of amides is 3. The van der Waals surface area contributed by atoms with E-state index in [9.17, 15) is 22.8 Å². The number of hydrogen-bond donors (Lipinski definition) is 1. The molecular weight excluding hydrogens is 666 g/mol. The molecular formula is C31H36BrN5O5S2. The summed E-state index contributed by atoms with van der Waals surface area (Å²) in [4.78, 5) is 48.0. The Bertz CT molecular complexity index is 1640. The minimum atomic E-state index is -3.94. The lowest BCUT2D eigenvalue weighted by molar-refractivity contribution is -0.143. The number of thiophene rings is 1. The second kappa shape index (κ2) is 13.3. The van der Waals surface area contributed by atoms with Crippen molar-refractivity contribution in [2.24, 2.45) is 0 Å². The van der Waals surface area contributed by atoms with Gasteiger partial charge in [-0.1, -0.05) is 34.1 Å². The average molecular weight is 703 g/mol. The Morgan fingerprint density at radius 1 is 0.932 bits per heavy atom. The highest BCUT2D eigenvalue weighted by Crippen LogP contribution is 2.25. The molecule has 3 saturated heterocycles. The van der Waals surface area contributed by atoms with Gasteiger partial charge >= 0.3 is 0 Å². The monoisotopic (exact) mass is 701 g/mol. The number of sulfonamides is 1. The van der Waals surface area contributed by atoms with Gasteiger partial charge in [0, 0.05) is 56.3 Å². The van der Waals surface area contributed by atoms with Gasteiger partial charge in [0.2, 0.25) is 21.8 Å². The summed E-state index contributed by atoms with van der Waals surface area (Å²) in [6.45, 7) is 4.60. The summed E-state index contributed by atoms with van der Waals surface area (Å²) in [7, 11) is -3.94. The van der Waals surface area contributed by atoms with Gasteiger partial charge in [-0.25, -0.2) is 8.42 Å². The Morgan fingerprint density at radius 3 is 2.45 bits per heavy atom. The van der Waals surface area contributed by atoms with Crippen molar-refractivity contribution < 1.29 is 22.8 Å². The molecule has 4 heterocycles. The largest absolute Gasteiger partial charge is 0.337 e. The molecule has 0 unspecified atom stereocenters. The van der Waals surface area contributed by atoms with Gasteiger partial charge in [0.25, 0.3) is 5.91 Å². The fourth-order valence-electron chi connectivity index (χ4n) is 6.42. The molecule has 10 nitrogen and oxygen atoms in total. The van der Waals surface area contributed by atoms with Crippen LogP contribution in [0.2, 0.25) is 0 Å². The molecule has 3 aliphatic heterocycles. The van der Waals surface area contributed by atoms with E-state index in [1.165, 1.54) is 16.2 Å². The number of piperidine rings is 1. The van der Waals surface area contributed by atoms with Crippen LogP contribution < -0.4 is 4.72 Å². The molecule has 3 aliphatic rings. The molecule has 234 valence electrons. The van der Waals surface area contributed by atoms with Crippen LogP contribution in [0.1, 0.15) is 35.4 Å². The van der Waals surface area contributed by atoms with Crippen molar-refractivity contribution in [1.29, 1.82) is 0 Å². The second-order valence-electron chi connectivity index (χ2n) is 11.7. The van der Waals surface area contributed by atoms with Crippen molar-refractivity contribution in [3.8, 4) is 0 Å². The molecule has 0 radical (unpaired) electrons. The number of carbonyl (C=O) groups is 3. The molecule has 2 atom stereocenters. The van der Waals surface area contributed by atoms with E-state index < -0.39 is 16.1 Å². The Balaban J connectivity index is 1.03. The van der Waals surface area contributed by atoms with Crippen LogP contribution >= 0.6 is 27.3 Å². The summed E-state index contributed by atoms with van der Waals surface area (Å²) in [5.74, 6) is -0.383. The molecule has 3 aromatic rings. The second-order valence-corrected chi connectivity index (χ2v) is 15.3. The molecule has 1 aromatic heterocycles. The van der Waals surface area contributed by atoms with Crippen LogP contribution in [0.3, 0.4) is 0 Å². The van der Waals surface area contributed by atoms with Crippen LogP contribution in [0.4, 0.5) is 0 Å². The standard InChI is InChI=1S/C31H36BrN5O5S2/c32-24-9-7-23-19-26(10-8-22(23)18-24)44(41,42)33-27-5-2-11-36(30(27)39)21-29(38)37-12-1-4-25(37)20-34-13-15-35(16-14-34)31(40)28-6-3-17-43-28/h3,6-10,17-19,25,27,33H,1-2,4-5,11-16,20-21H2/t25-,27-/m0/s1. The van der Waals surface area contributed by atoms with E-state index in [1.807, 2.05) is 45.5 Å². The molecule has 3 fully saturated rings. The van der Waals surface area contributed by atoms with Gasteiger partial charge in [0.1, 0.15) is 6.04 Å². The molecule has 44 heavy (non-hydrogen) atoms. The summed E-state index contributed by atoms with van der Waals surface area (Å²) in [6, 6.07) is 13.4. The first-order valence-electron chi connectivity index (χ1n) is 15.0. The van der Waals surface area contributed by atoms with Crippen molar-refractivity contribution in [3.05, 3.63) is 63.3 Å². The fraction of sp³-hybridized carbons (Fsp3) is 0.452. The molecule has 3 amide bonds. The molecule has 0 saturated carbocycles. The van der Waals surface area contributed by atoms with Crippen LogP contribution in [0, 0.1) is 0 Å². The highest BCUT2D eigenvalue weighted by molar-refractivity contribution is 9.10. The van der Waals surface area contributed by atoms with Crippen molar-refractivity contribution in [3.63, 3.8) is 0 Å². The number of benzene rings is 2. The van der Waals surface area contributed by atoms with Crippen molar-refractivity contribution in [1.82, 2.24) is 24.3 Å². The maximum absolute atomic E-state index is 13.5. The third-order valence-corrected chi connectivity index (χ3v) is 11.6. The van der Waals surface area contributed by atoms with Crippen LogP contribution in [-0.4, -0.2) is 110 Å². The summed E-state index contributed by atoms with van der Waals surface area (Å²) >= 11 is 4.89. The van der Waals surface area contributed by atoms with Crippen LogP contribution in [0.25, 0.3) is 10.8 Å². The quantitative estimate of drug-likeness (QED) is 0.386. The molecule has 1 N–H and O–H groups in total. The topological polar surface area (TPSA) is 110 Å². The maximum Gasteiger partial charge on any atom is 0.264 e. The maximum atomic E-state index is 13.5. The molecule has 6 rings (SSSR count).